The van der Waals surface area contributed by atoms with Gasteiger partial charge in [-0.1, -0.05) is 26.7 Å². The first-order valence-corrected chi connectivity index (χ1v) is 11.5. The Morgan fingerprint density at radius 2 is 1.13 bits per heavy atom. The lowest BCUT2D eigenvalue weighted by atomic mass is 10.4. The summed E-state index contributed by atoms with van der Waals surface area (Å²) in [4.78, 5) is 0. The number of methoxy groups -OCH3 is 1. The summed E-state index contributed by atoms with van der Waals surface area (Å²) in [6.45, 7) is 8.09. The Labute approximate surface area is 140 Å². The molecule has 0 saturated heterocycles. The molecule has 0 aliphatic carbocycles. The van der Waals surface area contributed by atoms with Crippen LogP contribution in [0.3, 0.4) is 0 Å². The van der Waals surface area contributed by atoms with Crippen LogP contribution in [0.25, 0.3) is 0 Å². The molecular weight excluding hydrogens is 342 g/mol. The van der Waals surface area contributed by atoms with Crippen molar-refractivity contribution in [2.24, 2.45) is 0 Å². The fourth-order valence-electron chi connectivity index (χ4n) is 1.79. The molecule has 0 rings (SSSR count). The Hall–Kier alpha value is 0.260. The van der Waals surface area contributed by atoms with Crippen molar-refractivity contribution in [1.82, 2.24) is 0 Å². The lowest BCUT2D eigenvalue weighted by molar-refractivity contribution is 0.108. The van der Waals surface area contributed by atoms with E-state index in [4.69, 9.17) is 22.8 Å². The summed E-state index contributed by atoms with van der Waals surface area (Å²) in [5, 5.41) is 0. The summed E-state index contributed by atoms with van der Waals surface area (Å²) < 4.78 is 52.8. The Morgan fingerprint density at radius 1 is 0.739 bits per heavy atom. The van der Waals surface area contributed by atoms with E-state index in [1.807, 2.05) is 13.8 Å². The van der Waals surface area contributed by atoms with Crippen LogP contribution in [0.1, 0.15) is 53.4 Å². The Bertz CT molecular complexity index is 365. The van der Waals surface area contributed by atoms with Gasteiger partial charge in [0.15, 0.2) is 0 Å². The maximum absolute atomic E-state index is 13.2. The maximum atomic E-state index is 13.2. The standard InChI is InChI=1S/C14H32O7P2/c1-6-10-12-20-23(16,21-13-11-7-2)14(17-5)22(15,18-8-3)19-9-4/h14H,6-13H2,1-5H3. The van der Waals surface area contributed by atoms with Crippen molar-refractivity contribution >= 4 is 15.2 Å². The van der Waals surface area contributed by atoms with Gasteiger partial charge in [0.2, 0.25) is 0 Å². The third-order valence-electron chi connectivity index (χ3n) is 2.91. The van der Waals surface area contributed by atoms with Crippen LogP contribution in [0, 0.1) is 0 Å². The number of unbranched alkanes of at least 4 members (excludes halogenated alkanes) is 2. The summed E-state index contributed by atoms with van der Waals surface area (Å²) >= 11 is 0. The van der Waals surface area contributed by atoms with Crippen LogP contribution >= 0.6 is 15.2 Å². The van der Waals surface area contributed by atoms with E-state index in [0.717, 1.165) is 12.8 Å². The van der Waals surface area contributed by atoms with Crippen LogP contribution in [0.5, 0.6) is 0 Å². The van der Waals surface area contributed by atoms with Crippen LogP contribution in [0.15, 0.2) is 0 Å². The highest BCUT2D eigenvalue weighted by atomic mass is 31.2. The summed E-state index contributed by atoms with van der Waals surface area (Å²) in [5.74, 6) is 0. The first-order valence-electron chi connectivity index (χ1n) is 8.24. The number of ether oxygens (including phenoxy) is 1. The van der Waals surface area contributed by atoms with Gasteiger partial charge < -0.3 is 22.8 Å². The van der Waals surface area contributed by atoms with Crippen molar-refractivity contribution in [1.29, 1.82) is 0 Å². The van der Waals surface area contributed by atoms with Crippen LogP contribution in [0.2, 0.25) is 0 Å². The van der Waals surface area contributed by atoms with E-state index in [0.29, 0.717) is 12.8 Å². The average molecular weight is 374 g/mol. The molecule has 7 nitrogen and oxygen atoms in total. The number of hydrogen-bond donors (Lipinski definition) is 0. The quantitative estimate of drug-likeness (QED) is 0.294. The van der Waals surface area contributed by atoms with Gasteiger partial charge in [0.1, 0.15) is 0 Å². The first-order chi connectivity index (χ1) is 10.9. The molecule has 0 spiro atoms. The van der Waals surface area contributed by atoms with E-state index >= 15 is 0 Å². The SMILES string of the molecule is CCCCOP(=O)(OCCCC)C(OC)P(=O)(OCC)OCC. The second-order valence-electron chi connectivity index (χ2n) is 4.85. The van der Waals surface area contributed by atoms with Gasteiger partial charge in [0, 0.05) is 7.11 Å². The molecule has 1 atom stereocenters. The molecule has 9 heteroatoms. The molecule has 0 amide bonds. The Morgan fingerprint density at radius 3 is 1.43 bits per heavy atom. The lowest BCUT2D eigenvalue weighted by Crippen LogP contribution is -2.20. The fraction of sp³-hybridized carbons (Fsp3) is 1.00. The second kappa shape index (κ2) is 12.6. The molecule has 0 saturated carbocycles. The van der Waals surface area contributed by atoms with Crippen molar-refractivity contribution in [3.8, 4) is 0 Å². The van der Waals surface area contributed by atoms with Gasteiger partial charge in [0.25, 0.3) is 5.59 Å². The van der Waals surface area contributed by atoms with Crippen LogP contribution in [-0.4, -0.2) is 39.1 Å². The van der Waals surface area contributed by atoms with E-state index in [1.54, 1.807) is 13.8 Å². The number of rotatable bonds is 15. The van der Waals surface area contributed by atoms with E-state index in [9.17, 15) is 9.13 Å². The first kappa shape index (κ1) is 23.3. The molecule has 0 fully saturated rings. The smallest absolute Gasteiger partial charge is 0.358 e. The lowest BCUT2D eigenvalue weighted by Gasteiger charge is -2.30. The third kappa shape index (κ3) is 7.78. The summed E-state index contributed by atoms with van der Waals surface area (Å²) in [6.07, 6.45) is 3.18. The summed E-state index contributed by atoms with van der Waals surface area (Å²) in [7, 11) is -6.29. The zero-order chi connectivity index (χ0) is 17.8. The molecule has 0 aliphatic heterocycles. The molecule has 0 aliphatic rings. The highest BCUT2D eigenvalue weighted by Gasteiger charge is 2.51. The highest BCUT2D eigenvalue weighted by molar-refractivity contribution is 7.72. The monoisotopic (exact) mass is 374 g/mol. The predicted octanol–water partition coefficient (Wildman–Crippen LogP) is 5.01. The van der Waals surface area contributed by atoms with Gasteiger partial charge in [0.05, 0.1) is 26.4 Å². The highest BCUT2D eigenvalue weighted by Crippen LogP contribution is 2.70. The van der Waals surface area contributed by atoms with Crippen molar-refractivity contribution < 1.29 is 32.0 Å². The maximum Gasteiger partial charge on any atom is 0.371 e. The van der Waals surface area contributed by atoms with Gasteiger partial charge in [-0.3, -0.25) is 9.13 Å². The third-order valence-corrected chi connectivity index (χ3v) is 8.43. The van der Waals surface area contributed by atoms with E-state index in [-0.39, 0.29) is 26.4 Å². The molecule has 1 unspecified atom stereocenters. The van der Waals surface area contributed by atoms with Gasteiger partial charge in [-0.25, -0.2) is 0 Å². The van der Waals surface area contributed by atoms with Gasteiger partial charge in [-0.15, -0.1) is 0 Å². The minimum Gasteiger partial charge on any atom is -0.358 e. The minimum absolute atomic E-state index is 0.140. The topological polar surface area (TPSA) is 80.3 Å². The van der Waals surface area contributed by atoms with Crippen molar-refractivity contribution in [2.45, 2.75) is 59.0 Å². The van der Waals surface area contributed by atoms with E-state index < -0.39 is 20.8 Å². The molecule has 23 heavy (non-hydrogen) atoms. The predicted molar refractivity (Wildman–Crippen MR) is 91.0 cm³/mol. The molecule has 0 bridgehead atoms. The number of hydrogen-bond acceptors (Lipinski definition) is 7. The van der Waals surface area contributed by atoms with Crippen LogP contribution in [0.4, 0.5) is 0 Å². The second-order valence-corrected chi connectivity index (χ2v) is 9.39. The minimum atomic E-state index is -3.81. The van der Waals surface area contributed by atoms with Gasteiger partial charge in [-0.2, -0.15) is 0 Å². The fourth-order valence-corrected chi connectivity index (χ4v) is 6.64. The van der Waals surface area contributed by atoms with Crippen LogP contribution < -0.4 is 0 Å². The van der Waals surface area contributed by atoms with Gasteiger partial charge >= 0.3 is 15.2 Å². The van der Waals surface area contributed by atoms with Crippen molar-refractivity contribution in [2.75, 3.05) is 33.5 Å². The zero-order valence-corrected chi connectivity index (χ0v) is 16.8. The molecule has 0 aromatic heterocycles. The van der Waals surface area contributed by atoms with E-state index in [1.165, 1.54) is 7.11 Å². The largest absolute Gasteiger partial charge is 0.371 e. The molecule has 140 valence electrons. The van der Waals surface area contributed by atoms with Crippen LogP contribution in [-0.2, 0) is 32.0 Å². The molecule has 0 radical (unpaired) electrons. The summed E-state index contributed by atoms with van der Waals surface area (Å²) in [6, 6.07) is 0. The molecule has 0 N–H and O–H groups in total. The van der Waals surface area contributed by atoms with Crippen molar-refractivity contribution in [3.05, 3.63) is 0 Å². The Kier molecular flexibility index (Phi) is 12.7. The zero-order valence-electron chi connectivity index (χ0n) is 15.0. The summed E-state index contributed by atoms with van der Waals surface area (Å²) in [5.41, 5.74) is -1.39. The average Bonchev–Trinajstić information content (AvgIpc) is 2.49. The molecule has 0 aromatic carbocycles. The molecular formula is C14H32O7P2. The normalized spacial score (nSPS) is 14.1. The van der Waals surface area contributed by atoms with E-state index in [2.05, 4.69) is 0 Å². The van der Waals surface area contributed by atoms with Gasteiger partial charge in [-0.05, 0) is 26.7 Å². The van der Waals surface area contributed by atoms with Crippen molar-refractivity contribution in [3.63, 3.8) is 0 Å². The molecule has 0 heterocycles. The molecule has 0 aromatic rings. The Balaban J connectivity index is 5.39.